The number of nitrogens with one attached hydrogen (secondary N) is 1. The van der Waals surface area contributed by atoms with Crippen molar-refractivity contribution in [1.82, 2.24) is 9.55 Å². The van der Waals surface area contributed by atoms with Crippen molar-refractivity contribution in [3.05, 3.63) is 52.8 Å². The number of hydrogen-bond acceptors (Lipinski definition) is 3. The lowest BCUT2D eigenvalue weighted by molar-refractivity contribution is 0.601. The molecule has 0 spiro atoms. The number of aromatic nitrogens is 2. The van der Waals surface area contributed by atoms with Crippen LogP contribution < -0.4 is 4.72 Å². The first-order valence-electron chi connectivity index (χ1n) is 7.96. The van der Waals surface area contributed by atoms with Gasteiger partial charge < -0.3 is 4.57 Å². The van der Waals surface area contributed by atoms with E-state index in [2.05, 4.69) is 23.6 Å². The number of sulfonamides is 1. The molecular weight excluding hydrogens is 358 g/mol. The van der Waals surface area contributed by atoms with Crippen molar-refractivity contribution < 1.29 is 8.42 Å². The van der Waals surface area contributed by atoms with Crippen LogP contribution in [0.2, 0.25) is 5.02 Å². The van der Waals surface area contributed by atoms with Crippen molar-refractivity contribution in [1.29, 1.82) is 0 Å². The Morgan fingerprint density at radius 1 is 1.16 bits per heavy atom. The van der Waals surface area contributed by atoms with Gasteiger partial charge in [0.05, 0.1) is 22.4 Å². The Bertz CT molecular complexity index is 1040. The van der Waals surface area contributed by atoms with E-state index in [9.17, 15) is 8.42 Å². The monoisotopic (exact) mass is 377 g/mol. The summed E-state index contributed by atoms with van der Waals surface area (Å²) in [5, 5.41) is 0.490. The molecule has 0 unspecified atom stereocenters. The number of halogens is 1. The number of aryl methyl sites for hydroxylation is 1. The molecule has 0 aliphatic heterocycles. The van der Waals surface area contributed by atoms with Gasteiger partial charge in [-0.05, 0) is 69.2 Å². The Balaban J connectivity index is 2.15. The molecule has 132 valence electrons. The highest BCUT2D eigenvalue weighted by molar-refractivity contribution is 7.92. The van der Waals surface area contributed by atoms with E-state index in [1.165, 1.54) is 12.1 Å². The smallest absolute Gasteiger partial charge is 0.261 e. The third-order valence-corrected chi connectivity index (χ3v) is 5.92. The third kappa shape index (κ3) is 3.24. The van der Waals surface area contributed by atoms with E-state index in [0.29, 0.717) is 16.2 Å². The highest BCUT2D eigenvalue weighted by atomic mass is 35.5. The second-order valence-electron chi connectivity index (χ2n) is 6.37. The molecule has 0 atom stereocenters. The highest BCUT2D eigenvalue weighted by Crippen LogP contribution is 2.32. The average Bonchev–Trinajstić information content (AvgIpc) is 2.95. The number of fused-ring (bicyclic) bond motifs is 1. The lowest BCUT2D eigenvalue weighted by Gasteiger charge is -2.15. The lowest BCUT2D eigenvalue weighted by Crippen LogP contribution is -2.14. The molecule has 2 aromatic carbocycles. The number of hydrogen-bond donors (Lipinski definition) is 1. The molecule has 1 heterocycles. The fourth-order valence-electron chi connectivity index (χ4n) is 2.74. The molecule has 7 heteroatoms. The van der Waals surface area contributed by atoms with Crippen LogP contribution in [0.25, 0.3) is 11.0 Å². The molecule has 0 aliphatic rings. The molecule has 0 saturated heterocycles. The molecule has 0 saturated carbocycles. The Kier molecular flexibility index (Phi) is 4.51. The standard InChI is InChI=1S/C18H20ClN3O2S/c1-11(2)22-10-20-18-16(22)9-12(3)13(4)17(18)21-25(23,24)15-7-5-14(19)6-8-15/h5-11,21H,1-4H3. The highest BCUT2D eigenvalue weighted by Gasteiger charge is 2.20. The first-order chi connectivity index (χ1) is 11.7. The average molecular weight is 378 g/mol. The minimum Gasteiger partial charge on any atom is -0.328 e. The maximum atomic E-state index is 12.8. The van der Waals surface area contributed by atoms with Crippen molar-refractivity contribution in [2.45, 2.75) is 38.6 Å². The number of rotatable bonds is 4. The molecule has 0 radical (unpaired) electrons. The van der Waals surface area contributed by atoms with Crippen LogP contribution in [-0.2, 0) is 10.0 Å². The summed E-state index contributed by atoms with van der Waals surface area (Å²) in [5.41, 5.74) is 3.94. The number of imidazole rings is 1. The number of benzene rings is 2. The summed E-state index contributed by atoms with van der Waals surface area (Å²) in [6.45, 7) is 7.98. The van der Waals surface area contributed by atoms with Gasteiger partial charge in [-0.3, -0.25) is 4.72 Å². The van der Waals surface area contributed by atoms with Crippen molar-refractivity contribution in [3.8, 4) is 0 Å². The lowest BCUT2D eigenvalue weighted by atomic mass is 10.1. The third-order valence-electron chi connectivity index (χ3n) is 4.31. The molecule has 3 rings (SSSR count). The van der Waals surface area contributed by atoms with Gasteiger partial charge in [0.15, 0.2) is 0 Å². The zero-order valence-electron chi connectivity index (χ0n) is 14.5. The van der Waals surface area contributed by atoms with Crippen molar-refractivity contribution >= 4 is 38.3 Å². The normalized spacial score (nSPS) is 12.1. The molecule has 1 N–H and O–H groups in total. The summed E-state index contributed by atoms with van der Waals surface area (Å²) in [5.74, 6) is 0. The van der Waals surface area contributed by atoms with Crippen LogP contribution in [0.1, 0.15) is 31.0 Å². The fraction of sp³-hybridized carbons (Fsp3) is 0.278. The van der Waals surface area contributed by atoms with E-state index in [4.69, 9.17) is 11.6 Å². The predicted octanol–water partition coefficient (Wildman–Crippen LogP) is 4.69. The molecule has 0 amide bonds. The van der Waals surface area contributed by atoms with Gasteiger partial charge in [0, 0.05) is 11.1 Å². The van der Waals surface area contributed by atoms with Crippen LogP contribution in [0.3, 0.4) is 0 Å². The van der Waals surface area contributed by atoms with Crippen molar-refractivity contribution in [2.75, 3.05) is 4.72 Å². The van der Waals surface area contributed by atoms with Crippen LogP contribution in [0.4, 0.5) is 5.69 Å². The number of anilines is 1. The minimum absolute atomic E-state index is 0.161. The molecule has 25 heavy (non-hydrogen) atoms. The maximum Gasteiger partial charge on any atom is 0.261 e. The van der Waals surface area contributed by atoms with Crippen LogP contribution in [-0.4, -0.2) is 18.0 Å². The summed E-state index contributed by atoms with van der Waals surface area (Å²) in [4.78, 5) is 4.61. The van der Waals surface area contributed by atoms with Gasteiger partial charge in [0.25, 0.3) is 10.0 Å². The van der Waals surface area contributed by atoms with Gasteiger partial charge in [0.2, 0.25) is 0 Å². The zero-order valence-corrected chi connectivity index (χ0v) is 16.1. The van der Waals surface area contributed by atoms with Crippen LogP contribution in [0.15, 0.2) is 41.6 Å². The van der Waals surface area contributed by atoms with Gasteiger partial charge in [-0.25, -0.2) is 13.4 Å². The molecule has 5 nitrogen and oxygen atoms in total. The summed E-state index contributed by atoms with van der Waals surface area (Å²) in [6.07, 6.45) is 1.74. The van der Waals surface area contributed by atoms with Crippen LogP contribution in [0, 0.1) is 13.8 Å². The van der Waals surface area contributed by atoms with Gasteiger partial charge >= 0.3 is 0 Å². The Hall–Kier alpha value is -2.05. The summed E-state index contributed by atoms with van der Waals surface area (Å²) in [6, 6.07) is 8.36. The first-order valence-corrected chi connectivity index (χ1v) is 9.82. The molecular formula is C18H20ClN3O2S. The van der Waals surface area contributed by atoms with E-state index in [1.807, 2.05) is 24.5 Å². The fourth-order valence-corrected chi connectivity index (χ4v) is 3.99. The van der Waals surface area contributed by atoms with Gasteiger partial charge in [-0.2, -0.15) is 0 Å². The Morgan fingerprint density at radius 3 is 2.40 bits per heavy atom. The van der Waals surface area contributed by atoms with E-state index in [1.54, 1.807) is 18.5 Å². The molecule has 0 aliphatic carbocycles. The predicted molar refractivity (Wildman–Crippen MR) is 102 cm³/mol. The van der Waals surface area contributed by atoms with Crippen LogP contribution in [0.5, 0.6) is 0 Å². The van der Waals surface area contributed by atoms with Gasteiger partial charge in [-0.15, -0.1) is 0 Å². The van der Waals surface area contributed by atoms with E-state index in [-0.39, 0.29) is 10.9 Å². The first kappa shape index (κ1) is 17.8. The minimum atomic E-state index is -3.73. The maximum absolute atomic E-state index is 12.8. The van der Waals surface area contributed by atoms with Crippen molar-refractivity contribution in [2.24, 2.45) is 0 Å². The molecule has 0 bridgehead atoms. The summed E-state index contributed by atoms with van der Waals surface area (Å²) >= 11 is 5.85. The second kappa shape index (κ2) is 6.35. The molecule has 3 aromatic rings. The van der Waals surface area contributed by atoms with Crippen LogP contribution >= 0.6 is 11.6 Å². The topological polar surface area (TPSA) is 64.0 Å². The molecule has 0 fully saturated rings. The van der Waals surface area contributed by atoms with E-state index in [0.717, 1.165) is 16.6 Å². The molecule has 1 aromatic heterocycles. The largest absolute Gasteiger partial charge is 0.328 e. The van der Waals surface area contributed by atoms with Crippen molar-refractivity contribution in [3.63, 3.8) is 0 Å². The Morgan fingerprint density at radius 2 is 1.80 bits per heavy atom. The second-order valence-corrected chi connectivity index (χ2v) is 8.49. The van der Waals surface area contributed by atoms with E-state index >= 15 is 0 Å². The quantitative estimate of drug-likeness (QED) is 0.717. The Labute approximate surface area is 152 Å². The van der Waals surface area contributed by atoms with Gasteiger partial charge in [0.1, 0.15) is 5.52 Å². The number of nitrogens with zero attached hydrogens (tertiary/aromatic N) is 2. The summed E-state index contributed by atoms with van der Waals surface area (Å²) in [7, 11) is -3.73. The summed E-state index contributed by atoms with van der Waals surface area (Å²) < 4.78 is 30.3. The van der Waals surface area contributed by atoms with Gasteiger partial charge in [-0.1, -0.05) is 11.6 Å². The zero-order chi connectivity index (χ0) is 18.4. The van der Waals surface area contributed by atoms with E-state index < -0.39 is 10.0 Å². The SMILES string of the molecule is Cc1cc2c(ncn2C(C)C)c(NS(=O)(=O)c2ccc(Cl)cc2)c1C.